The summed E-state index contributed by atoms with van der Waals surface area (Å²) in [6.45, 7) is 5.86. The van der Waals surface area contributed by atoms with Gasteiger partial charge in [0, 0.05) is 24.8 Å². The number of fused-ring (bicyclic) bond motifs is 1. The summed E-state index contributed by atoms with van der Waals surface area (Å²) in [5, 5.41) is 2.63. The summed E-state index contributed by atoms with van der Waals surface area (Å²) in [6.07, 6.45) is -0.339. The molecule has 2 aliphatic heterocycles. The Balaban J connectivity index is 1.63. The molecule has 1 aromatic carbocycles. The quantitative estimate of drug-likeness (QED) is 0.877. The number of carbonyl (C=O) groups excluding carboxylic acids is 3. The molecule has 1 N–H and O–H groups in total. The lowest BCUT2D eigenvalue weighted by atomic mass is 10.0. The molecule has 0 aromatic heterocycles. The molecule has 1 aromatic rings. The van der Waals surface area contributed by atoms with Crippen molar-refractivity contribution in [3.05, 3.63) is 23.8 Å². The van der Waals surface area contributed by atoms with E-state index >= 15 is 0 Å². The highest BCUT2D eigenvalue weighted by molar-refractivity contribution is 5.97. The zero-order chi connectivity index (χ0) is 19.8. The number of carbonyl (C=O) groups is 3. The van der Waals surface area contributed by atoms with Gasteiger partial charge >= 0.3 is 12.2 Å². The third kappa shape index (κ3) is 4.32. The van der Waals surface area contributed by atoms with Crippen LogP contribution in [-0.4, -0.2) is 49.9 Å². The average Bonchev–Trinajstić information content (AvgIpc) is 2.95. The Kier molecular flexibility index (Phi) is 4.99. The maximum absolute atomic E-state index is 12.2. The number of alkyl carbamates (subject to hydrolysis) is 1. The van der Waals surface area contributed by atoms with Gasteiger partial charge in [0.25, 0.3) is 0 Å². The maximum Gasteiger partial charge on any atom is 0.414 e. The van der Waals surface area contributed by atoms with E-state index in [0.717, 1.165) is 16.9 Å². The fraction of sp³-hybridized carbons (Fsp3) is 0.526. The minimum absolute atomic E-state index is 0.0871. The summed E-state index contributed by atoms with van der Waals surface area (Å²) < 4.78 is 10.5. The summed E-state index contributed by atoms with van der Waals surface area (Å²) in [7, 11) is 1.75. The van der Waals surface area contributed by atoms with Gasteiger partial charge in [-0.05, 0) is 51.0 Å². The summed E-state index contributed by atoms with van der Waals surface area (Å²) in [4.78, 5) is 39.0. The summed E-state index contributed by atoms with van der Waals surface area (Å²) in [5.74, 6) is 0.0871. The first-order valence-corrected chi connectivity index (χ1v) is 8.98. The SMILES string of the molecule is CN1C(=O)CCc2cc(N3C[C@H](CNC(=O)OC(C)(C)C)OC3=O)ccc21. The zero-order valence-electron chi connectivity index (χ0n) is 16.1. The molecule has 1 atom stereocenters. The fourth-order valence-corrected chi connectivity index (χ4v) is 3.16. The second-order valence-corrected chi connectivity index (χ2v) is 7.76. The predicted molar refractivity (Wildman–Crippen MR) is 100 cm³/mol. The molecule has 1 fully saturated rings. The number of anilines is 2. The Labute approximate surface area is 158 Å². The minimum atomic E-state index is -0.583. The molecule has 27 heavy (non-hydrogen) atoms. The monoisotopic (exact) mass is 375 g/mol. The van der Waals surface area contributed by atoms with Gasteiger partial charge in [-0.2, -0.15) is 0 Å². The molecule has 0 radical (unpaired) electrons. The van der Waals surface area contributed by atoms with Gasteiger partial charge in [0.1, 0.15) is 11.7 Å². The number of hydrogen-bond donors (Lipinski definition) is 1. The van der Waals surface area contributed by atoms with Crippen molar-refractivity contribution < 1.29 is 23.9 Å². The van der Waals surface area contributed by atoms with Crippen molar-refractivity contribution in [1.29, 1.82) is 0 Å². The molecule has 0 unspecified atom stereocenters. The molecule has 3 rings (SSSR count). The summed E-state index contributed by atoms with van der Waals surface area (Å²) in [5.41, 5.74) is 2.03. The summed E-state index contributed by atoms with van der Waals surface area (Å²) in [6, 6.07) is 5.57. The van der Waals surface area contributed by atoms with Gasteiger partial charge in [-0.3, -0.25) is 9.69 Å². The maximum atomic E-state index is 12.2. The molecule has 2 heterocycles. The van der Waals surface area contributed by atoms with E-state index in [-0.39, 0.29) is 12.5 Å². The van der Waals surface area contributed by atoms with Crippen LogP contribution in [0.2, 0.25) is 0 Å². The average molecular weight is 375 g/mol. The van der Waals surface area contributed by atoms with Gasteiger partial charge < -0.3 is 19.7 Å². The van der Waals surface area contributed by atoms with Crippen molar-refractivity contribution >= 4 is 29.5 Å². The molecule has 0 spiro atoms. The lowest BCUT2D eigenvalue weighted by molar-refractivity contribution is -0.118. The molecule has 0 aliphatic carbocycles. The Morgan fingerprint density at radius 3 is 2.74 bits per heavy atom. The molecule has 146 valence electrons. The van der Waals surface area contributed by atoms with Crippen molar-refractivity contribution in [3.8, 4) is 0 Å². The molecule has 3 amide bonds. The van der Waals surface area contributed by atoms with Crippen LogP contribution in [0.25, 0.3) is 0 Å². The molecule has 2 aliphatic rings. The molecule has 0 saturated carbocycles. The summed E-state index contributed by atoms with van der Waals surface area (Å²) >= 11 is 0. The van der Waals surface area contributed by atoms with Crippen LogP contribution in [0.5, 0.6) is 0 Å². The number of rotatable bonds is 3. The second-order valence-electron chi connectivity index (χ2n) is 7.76. The first-order valence-electron chi connectivity index (χ1n) is 8.98. The number of nitrogens with one attached hydrogen (secondary N) is 1. The third-order valence-corrected chi connectivity index (χ3v) is 4.47. The first kappa shape index (κ1) is 19.0. The van der Waals surface area contributed by atoms with E-state index in [9.17, 15) is 14.4 Å². The van der Waals surface area contributed by atoms with E-state index in [1.807, 2.05) is 12.1 Å². The molecule has 0 bridgehead atoms. The van der Waals surface area contributed by atoms with Crippen LogP contribution in [0.3, 0.4) is 0 Å². The highest BCUT2D eigenvalue weighted by Crippen LogP contribution is 2.32. The Morgan fingerprint density at radius 1 is 1.30 bits per heavy atom. The van der Waals surface area contributed by atoms with E-state index < -0.39 is 23.9 Å². The standard InChI is InChI=1S/C19H25N3O5/c1-19(2,3)27-17(24)20-10-14-11-22(18(25)26-14)13-6-7-15-12(9-13)5-8-16(23)21(15)4/h6-7,9,14H,5,8,10-11H2,1-4H3,(H,20,24)/t14-/m0/s1. The first-order chi connectivity index (χ1) is 12.6. The van der Waals surface area contributed by atoms with E-state index in [1.54, 1.807) is 38.8 Å². The Morgan fingerprint density at radius 2 is 2.04 bits per heavy atom. The van der Waals surface area contributed by atoms with Gasteiger partial charge in [0.05, 0.1) is 13.1 Å². The zero-order valence-corrected chi connectivity index (χ0v) is 16.1. The van der Waals surface area contributed by atoms with Crippen LogP contribution in [0.15, 0.2) is 18.2 Å². The topological polar surface area (TPSA) is 88.2 Å². The van der Waals surface area contributed by atoms with Crippen LogP contribution >= 0.6 is 0 Å². The van der Waals surface area contributed by atoms with Crippen LogP contribution in [0.4, 0.5) is 21.0 Å². The van der Waals surface area contributed by atoms with Gasteiger partial charge in [0.2, 0.25) is 5.91 Å². The lowest BCUT2D eigenvalue weighted by Crippen LogP contribution is -2.38. The number of amides is 3. The number of nitrogens with zero attached hydrogens (tertiary/aromatic N) is 2. The van der Waals surface area contributed by atoms with E-state index in [4.69, 9.17) is 9.47 Å². The third-order valence-electron chi connectivity index (χ3n) is 4.47. The number of benzene rings is 1. The van der Waals surface area contributed by atoms with Crippen LogP contribution < -0.4 is 15.1 Å². The van der Waals surface area contributed by atoms with E-state index in [2.05, 4.69) is 5.32 Å². The molecular weight excluding hydrogens is 350 g/mol. The van der Waals surface area contributed by atoms with Gasteiger partial charge in [-0.1, -0.05) is 0 Å². The Hall–Kier alpha value is -2.77. The van der Waals surface area contributed by atoms with Crippen molar-refractivity contribution in [3.63, 3.8) is 0 Å². The van der Waals surface area contributed by atoms with E-state index in [0.29, 0.717) is 19.4 Å². The lowest BCUT2D eigenvalue weighted by Gasteiger charge is -2.27. The van der Waals surface area contributed by atoms with Crippen molar-refractivity contribution in [2.45, 2.75) is 45.3 Å². The largest absolute Gasteiger partial charge is 0.444 e. The van der Waals surface area contributed by atoms with Gasteiger partial charge in [0.15, 0.2) is 0 Å². The van der Waals surface area contributed by atoms with Crippen molar-refractivity contribution in [1.82, 2.24) is 5.32 Å². The van der Waals surface area contributed by atoms with Crippen molar-refractivity contribution in [2.24, 2.45) is 0 Å². The Bertz CT molecular complexity index is 771. The normalized spacial score (nSPS) is 19.6. The number of hydrogen-bond acceptors (Lipinski definition) is 5. The van der Waals surface area contributed by atoms with Gasteiger partial charge in [-0.25, -0.2) is 9.59 Å². The van der Waals surface area contributed by atoms with Crippen LogP contribution in [-0.2, 0) is 20.7 Å². The smallest absolute Gasteiger partial charge is 0.414 e. The predicted octanol–water partition coefficient (Wildman–Crippen LogP) is 2.45. The second kappa shape index (κ2) is 7.09. The van der Waals surface area contributed by atoms with Crippen molar-refractivity contribution in [2.75, 3.05) is 29.9 Å². The molecular formula is C19H25N3O5. The molecule has 8 heteroatoms. The fourth-order valence-electron chi connectivity index (χ4n) is 3.16. The number of aryl methyl sites for hydroxylation is 1. The highest BCUT2D eigenvalue weighted by atomic mass is 16.6. The molecule has 1 saturated heterocycles. The van der Waals surface area contributed by atoms with Crippen LogP contribution in [0, 0.1) is 0 Å². The number of ether oxygens (including phenoxy) is 2. The number of cyclic esters (lactones) is 1. The van der Waals surface area contributed by atoms with Crippen LogP contribution in [0.1, 0.15) is 32.8 Å². The molecule has 8 nitrogen and oxygen atoms in total. The highest BCUT2D eigenvalue weighted by Gasteiger charge is 2.33. The van der Waals surface area contributed by atoms with E-state index in [1.165, 1.54) is 4.90 Å². The minimum Gasteiger partial charge on any atom is -0.444 e. The van der Waals surface area contributed by atoms with Gasteiger partial charge in [-0.15, -0.1) is 0 Å².